The minimum Gasteiger partial charge on any atom is -0.467 e. The van der Waals surface area contributed by atoms with E-state index in [1.54, 1.807) is 18.7 Å². The summed E-state index contributed by atoms with van der Waals surface area (Å²) in [5.74, 6) is 1.80. The van der Waals surface area contributed by atoms with E-state index < -0.39 is 0 Å². The first kappa shape index (κ1) is 16.8. The fourth-order valence-electron chi connectivity index (χ4n) is 2.76. The molecule has 26 heavy (non-hydrogen) atoms. The van der Waals surface area contributed by atoms with E-state index in [1.807, 2.05) is 31.2 Å². The van der Waals surface area contributed by atoms with Gasteiger partial charge in [-0.25, -0.2) is 0 Å². The Labute approximate surface area is 155 Å². The summed E-state index contributed by atoms with van der Waals surface area (Å²) in [6.07, 6.45) is 7.33. The predicted octanol–water partition coefficient (Wildman–Crippen LogP) is 3.24. The van der Waals surface area contributed by atoms with Crippen molar-refractivity contribution in [3.63, 3.8) is 0 Å². The van der Waals surface area contributed by atoms with Gasteiger partial charge in [0.2, 0.25) is 5.91 Å². The molecule has 4 rings (SSSR count). The maximum Gasteiger partial charge on any atom is 0.231 e. The van der Waals surface area contributed by atoms with E-state index in [1.165, 1.54) is 11.8 Å². The van der Waals surface area contributed by atoms with Crippen molar-refractivity contribution >= 4 is 17.7 Å². The highest BCUT2D eigenvalue weighted by atomic mass is 32.2. The molecule has 3 aromatic rings. The summed E-state index contributed by atoms with van der Waals surface area (Å²) in [5.41, 5.74) is 0.988. The largest absolute Gasteiger partial charge is 0.467 e. The third-order valence-corrected chi connectivity index (χ3v) is 5.14. The Bertz CT molecular complexity index is 874. The molecule has 1 saturated carbocycles. The highest BCUT2D eigenvalue weighted by Gasteiger charge is 2.30. The van der Waals surface area contributed by atoms with Gasteiger partial charge in [0.15, 0.2) is 11.0 Å². The zero-order valence-corrected chi connectivity index (χ0v) is 15.1. The lowest BCUT2D eigenvalue weighted by Gasteiger charge is -2.12. The number of rotatable bonds is 7. The van der Waals surface area contributed by atoms with E-state index in [4.69, 9.17) is 4.42 Å². The number of hydrogen-bond acceptors (Lipinski definition) is 6. The van der Waals surface area contributed by atoms with Crippen LogP contribution in [-0.2, 0) is 4.79 Å². The summed E-state index contributed by atoms with van der Waals surface area (Å²) in [6, 6.07) is 7.77. The van der Waals surface area contributed by atoms with E-state index in [9.17, 15) is 4.79 Å². The van der Waals surface area contributed by atoms with Crippen LogP contribution in [0.3, 0.4) is 0 Å². The summed E-state index contributed by atoms with van der Waals surface area (Å²) in [4.78, 5) is 16.3. The lowest BCUT2D eigenvalue weighted by atomic mass is 10.2. The molecule has 0 spiro atoms. The van der Waals surface area contributed by atoms with Gasteiger partial charge >= 0.3 is 0 Å². The number of furan rings is 1. The standard InChI is InChI=1S/C18H19N5O2S/c1-12(15-3-2-10-25-15)20-16(24)11-26-18-22-21-17(23(18)14-4-5-14)13-6-8-19-9-7-13/h2-3,6-10,12,14H,4-5,11H2,1H3,(H,20,24)/t12-/m0/s1. The quantitative estimate of drug-likeness (QED) is 0.644. The van der Waals surface area contributed by atoms with E-state index in [2.05, 4.69) is 25.1 Å². The molecule has 8 heteroatoms. The van der Waals surface area contributed by atoms with Crippen LogP contribution in [0.5, 0.6) is 0 Å². The monoisotopic (exact) mass is 369 g/mol. The van der Waals surface area contributed by atoms with E-state index in [-0.39, 0.29) is 17.7 Å². The molecule has 1 N–H and O–H groups in total. The molecule has 1 aliphatic carbocycles. The first-order valence-electron chi connectivity index (χ1n) is 8.53. The Hall–Kier alpha value is -2.61. The fourth-order valence-corrected chi connectivity index (χ4v) is 3.57. The van der Waals surface area contributed by atoms with E-state index >= 15 is 0 Å². The Morgan fingerprint density at radius 1 is 1.35 bits per heavy atom. The maximum absolute atomic E-state index is 12.3. The van der Waals surface area contributed by atoms with Crippen molar-refractivity contribution in [2.45, 2.75) is 37.0 Å². The lowest BCUT2D eigenvalue weighted by molar-refractivity contribution is -0.119. The third-order valence-electron chi connectivity index (χ3n) is 4.19. The summed E-state index contributed by atoms with van der Waals surface area (Å²) in [6.45, 7) is 1.90. The third kappa shape index (κ3) is 3.65. The van der Waals surface area contributed by atoms with Gasteiger partial charge in [-0.15, -0.1) is 10.2 Å². The molecule has 3 heterocycles. The molecule has 7 nitrogen and oxygen atoms in total. The van der Waals surface area contributed by atoms with Crippen molar-refractivity contribution in [1.29, 1.82) is 0 Å². The molecule has 134 valence electrons. The molecule has 0 bridgehead atoms. The normalized spacial score (nSPS) is 15.0. The van der Waals surface area contributed by atoms with Crippen LogP contribution in [0.4, 0.5) is 0 Å². The van der Waals surface area contributed by atoms with Crippen molar-refractivity contribution < 1.29 is 9.21 Å². The van der Waals surface area contributed by atoms with Crippen LogP contribution >= 0.6 is 11.8 Å². The molecular weight excluding hydrogens is 350 g/mol. The zero-order chi connectivity index (χ0) is 17.9. The van der Waals surface area contributed by atoms with Crippen molar-refractivity contribution in [2.75, 3.05) is 5.75 Å². The first-order valence-corrected chi connectivity index (χ1v) is 9.52. The molecule has 1 atom stereocenters. The van der Waals surface area contributed by atoms with Gasteiger partial charge in [-0.1, -0.05) is 11.8 Å². The van der Waals surface area contributed by atoms with Crippen molar-refractivity contribution in [3.8, 4) is 11.4 Å². The zero-order valence-electron chi connectivity index (χ0n) is 14.3. The fraction of sp³-hybridized carbons (Fsp3) is 0.333. The molecule has 0 unspecified atom stereocenters. The molecular formula is C18H19N5O2S. The number of thioether (sulfide) groups is 1. The number of hydrogen-bond donors (Lipinski definition) is 1. The van der Waals surface area contributed by atoms with Crippen molar-refractivity contribution in [2.24, 2.45) is 0 Å². The van der Waals surface area contributed by atoms with Crippen LogP contribution in [0.25, 0.3) is 11.4 Å². The summed E-state index contributed by atoms with van der Waals surface area (Å²) >= 11 is 1.41. The average molecular weight is 369 g/mol. The van der Waals surface area contributed by atoms with Crippen molar-refractivity contribution in [1.82, 2.24) is 25.1 Å². The number of carbonyl (C=O) groups is 1. The van der Waals surface area contributed by atoms with Gasteiger partial charge in [-0.3, -0.25) is 14.3 Å². The molecule has 0 radical (unpaired) electrons. The predicted molar refractivity (Wildman–Crippen MR) is 97.5 cm³/mol. The summed E-state index contributed by atoms with van der Waals surface area (Å²) < 4.78 is 7.46. The summed E-state index contributed by atoms with van der Waals surface area (Å²) in [5, 5.41) is 12.4. The van der Waals surface area contributed by atoms with Gasteiger partial charge in [0.25, 0.3) is 0 Å². The number of nitrogens with zero attached hydrogens (tertiary/aromatic N) is 4. The molecule has 0 saturated heterocycles. The minimum absolute atomic E-state index is 0.0605. The highest BCUT2D eigenvalue weighted by Crippen LogP contribution is 2.40. The highest BCUT2D eigenvalue weighted by molar-refractivity contribution is 7.99. The number of amides is 1. The van der Waals surface area contributed by atoms with Gasteiger partial charge < -0.3 is 9.73 Å². The van der Waals surface area contributed by atoms with Gasteiger partial charge in [0, 0.05) is 24.0 Å². The topological polar surface area (TPSA) is 85.8 Å². The smallest absolute Gasteiger partial charge is 0.231 e. The number of nitrogens with one attached hydrogen (secondary N) is 1. The van der Waals surface area contributed by atoms with Crippen LogP contribution < -0.4 is 5.32 Å². The number of pyridine rings is 1. The average Bonchev–Trinajstić information content (AvgIpc) is 3.18. The Morgan fingerprint density at radius 3 is 2.85 bits per heavy atom. The molecule has 1 aliphatic rings. The minimum atomic E-state index is -0.160. The molecule has 1 fully saturated rings. The van der Waals surface area contributed by atoms with Crippen LogP contribution in [0.2, 0.25) is 0 Å². The maximum atomic E-state index is 12.3. The van der Waals surface area contributed by atoms with Gasteiger partial charge in [-0.2, -0.15) is 0 Å². The van der Waals surface area contributed by atoms with Crippen LogP contribution in [-0.4, -0.2) is 31.4 Å². The SMILES string of the molecule is C[C@H](NC(=O)CSc1nnc(-c2ccncc2)n1C1CC1)c1ccco1. The Balaban J connectivity index is 1.44. The Kier molecular flexibility index (Phi) is 4.75. The van der Waals surface area contributed by atoms with E-state index in [0.717, 1.165) is 35.1 Å². The first-order chi connectivity index (χ1) is 12.7. The molecule has 1 amide bonds. The van der Waals surface area contributed by atoms with Crippen LogP contribution in [0.1, 0.15) is 37.6 Å². The second-order valence-electron chi connectivity index (χ2n) is 6.24. The van der Waals surface area contributed by atoms with Gasteiger partial charge in [0.1, 0.15) is 5.76 Å². The van der Waals surface area contributed by atoms with Crippen LogP contribution in [0, 0.1) is 0 Å². The second kappa shape index (κ2) is 7.33. The lowest BCUT2D eigenvalue weighted by Crippen LogP contribution is -2.28. The Morgan fingerprint density at radius 2 is 2.15 bits per heavy atom. The van der Waals surface area contributed by atoms with Gasteiger partial charge in [-0.05, 0) is 44.0 Å². The molecule has 0 aliphatic heterocycles. The van der Waals surface area contributed by atoms with Crippen LogP contribution in [0.15, 0.2) is 52.5 Å². The summed E-state index contributed by atoms with van der Waals surface area (Å²) in [7, 11) is 0. The number of aromatic nitrogens is 4. The van der Waals surface area contributed by atoms with E-state index in [0.29, 0.717) is 6.04 Å². The number of carbonyl (C=O) groups excluding carboxylic acids is 1. The van der Waals surface area contributed by atoms with Gasteiger partial charge in [0.05, 0.1) is 18.1 Å². The molecule has 3 aromatic heterocycles. The van der Waals surface area contributed by atoms with Crippen molar-refractivity contribution in [3.05, 3.63) is 48.7 Å². The second-order valence-corrected chi connectivity index (χ2v) is 7.18. The molecule has 0 aromatic carbocycles.